The summed E-state index contributed by atoms with van der Waals surface area (Å²) < 4.78 is 1.10. The zero-order valence-corrected chi connectivity index (χ0v) is 13.3. The molecule has 0 aromatic carbocycles. The molecule has 0 aliphatic heterocycles. The number of thiophene rings is 1. The fourth-order valence-corrected chi connectivity index (χ4v) is 3.71. The smallest absolute Gasteiger partial charge is 0.0635 e. The molecule has 18 heavy (non-hydrogen) atoms. The van der Waals surface area contributed by atoms with Gasteiger partial charge in [-0.15, -0.1) is 11.3 Å². The number of nitrogens with two attached hydrogens (primary N) is 1. The van der Waals surface area contributed by atoms with Gasteiger partial charge in [0.25, 0.3) is 0 Å². The van der Waals surface area contributed by atoms with Crippen LogP contribution in [0.25, 0.3) is 0 Å². The molecule has 0 amide bonds. The molecule has 1 aromatic heterocycles. The fraction of sp³-hybridized carbons (Fsp3) is 0.615. The second-order valence-corrected chi connectivity index (χ2v) is 6.08. The number of likely N-dealkylation sites (N-methyl/N-ethyl adjacent to an activating group) is 1. The second-order valence-electron chi connectivity index (χ2n) is 4.22. The van der Waals surface area contributed by atoms with Gasteiger partial charge in [-0.2, -0.15) is 5.26 Å². The van der Waals surface area contributed by atoms with Crippen molar-refractivity contribution < 1.29 is 0 Å². The lowest BCUT2D eigenvalue weighted by molar-refractivity contribution is 0.184. The highest BCUT2D eigenvalue weighted by molar-refractivity contribution is 9.10. The van der Waals surface area contributed by atoms with Gasteiger partial charge in [0.05, 0.1) is 12.1 Å². The number of halogens is 1. The number of hydrogen-bond donors (Lipinski definition) is 1. The topological polar surface area (TPSA) is 53.0 Å². The summed E-state index contributed by atoms with van der Waals surface area (Å²) in [7, 11) is 0. The summed E-state index contributed by atoms with van der Waals surface area (Å²) in [5, 5.41) is 10.8. The summed E-state index contributed by atoms with van der Waals surface area (Å²) in [5.74, 6) is 0. The predicted molar refractivity (Wildman–Crippen MR) is 80.5 cm³/mol. The lowest BCUT2D eigenvalue weighted by atomic mass is 10.0. The van der Waals surface area contributed by atoms with Crippen LogP contribution in [0.1, 0.15) is 37.6 Å². The van der Waals surface area contributed by atoms with Crippen LogP contribution in [0, 0.1) is 11.3 Å². The minimum absolute atomic E-state index is 0.106. The van der Waals surface area contributed by atoms with Gasteiger partial charge < -0.3 is 5.73 Å². The van der Waals surface area contributed by atoms with Crippen molar-refractivity contribution in [3.63, 3.8) is 0 Å². The second kappa shape index (κ2) is 7.90. The van der Waals surface area contributed by atoms with E-state index in [4.69, 9.17) is 11.0 Å². The van der Waals surface area contributed by atoms with E-state index < -0.39 is 0 Å². The molecule has 0 aliphatic carbocycles. The van der Waals surface area contributed by atoms with Gasteiger partial charge in [-0.05, 0) is 35.0 Å². The maximum absolute atomic E-state index is 8.75. The highest BCUT2D eigenvalue weighted by Gasteiger charge is 2.25. The molecule has 1 aromatic rings. The molecule has 0 spiro atoms. The first-order valence-electron chi connectivity index (χ1n) is 6.24. The Balaban J connectivity index is 2.93. The fourth-order valence-electron chi connectivity index (χ4n) is 2.06. The van der Waals surface area contributed by atoms with E-state index >= 15 is 0 Å². The van der Waals surface area contributed by atoms with Crippen molar-refractivity contribution in [1.82, 2.24) is 4.90 Å². The highest BCUT2D eigenvalue weighted by Crippen LogP contribution is 2.32. The van der Waals surface area contributed by atoms with Gasteiger partial charge in [-0.3, -0.25) is 4.90 Å². The molecular weight excluding hydrogens is 310 g/mol. The van der Waals surface area contributed by atoms with Crippen LogP contribution in [0.2, 0.25) is 0 Å². The Labute approximate surface area is 122 Å². The van der Waals surface area contributed by atoms with Crippen molar-refractivity contribution in [1.29, 1.82) is 5.26 Å². The van der Waals surface area contributed by atoms with E-state index in [1.54, 1.807) is 11.3 Å². The van der Waals surface area contributed by atoms with Crippen molar-refractivity contribution >= 4 is 27.3 Å². The summed E-state index contributed by atoms with van der Waals surface area (Å²) in [6.07, 6.45) is 1.48. The van der Waals surface area contributed by atoms with Gasteiger partial charge in [0.1, 0.15) is 0 Å². The van der Waals surface area contributed by atoms with Gasteiger partial charge in [0.2, 0.25) is 0 Å². The third kappa shape index (κ3) is 4.06. The maximum Gasteiger partial charge on any atom is 0.0635 e. The molecule has 2 atom stereocenters. The van der Waals surface area contributed by atoms with Crippen LogP contribution in [-0.4, -0.2) is 24.0 Å². The van der Waals surface area contributed by atoms with Gasteiger partial charge in [-0.25, -0.2) is 0 Å². The maximum atomic E-state index is 8.75. The molecule has 0 radical (unpaired) electrons. The predicted octanol–water partition coefficient (Wildman–Crippen LogP) is 3.52. The molecule has 100 valence electrons. The van der Waals surface area contributed by atoms with Crippen LogP contribution in [0.4, 0.5) is 0 Å². The van der Waals surface area contributed by atoms with Crippen molar-refractivity contribution in [2.45, 2.75) is 38.8 Å². The lowest BCUT2D eigenvalue weighted by Gasteiger charge is -2.33. The molecule has 0 aliphatic rings. The van der Waals surface area contributed by atoms with Crippen LogP contribution in [0.15, 0.2) is 15.9 Å². The first kappa shape index (κ1) is 15.6. The minimum atomic E-state index is 0.106. The van der Waals surface area contributed by atoms with E-state index in [1.165, 1.54) is 4.88 Å². The van der Waals surface area contributed by atoms with Crippen molar-refractivity contribution in [3.05, 3.63) is 20.8 Å². The zero-order chi connectivity index (χ0) is 13.5. The number of rotatable bonds is 7. The first-order chi connectivity index (χ1) is 8.63. The Hall–Kier alpha value is -0.410. The number of nitrogens with zero attached hydrogens (tertiary/aromatic N) is 2. The summed E-state index contributed by atoms with van der Waals surface area (Å²) in [6, 6.07) is 4.67. The van der Waals surface area contributed by atoms with E-state index in [0.717, 1.165) is 24.0 Å². The zero-order valence-electron chi connectivity index (χ0n) is 10.9. The van der Waals surface area contributed by atoms with Gasteiger partial charge >= 0.3 is 0 Å². The molecule has 2 unspecified atom stereocenters. The molecule has 5 heteroatoms. The normalized spacial score (nSPS) is 14.4. The quantitative estimate of drug-likeness (QED) is 0.832. The molecule has 1 heterocycles. The van der Waals surface area contributed by atoms with Crippen LogP contribution >= 0.6 is 27.3 Å². The summed E-state index contributed by atoms with van der Waals surface area (Å²) in [4.78, 5) is 3.58. The molecule has 1 rings (SSSR count). The van der Waals surface area contributed by atoms with Crippen molar-refractivity contribution in [2.75, 3.05) is 13.1 Å². The first-order valence-corrected chi connectivity index (χ1v) is 7.91. The average Bonchev–Trinajstić information content (AvgIpc) is 2.79. The van der Waals surface area contributed by atoms with Crippen LogP contribution in [0.3, 0.4) is 0 Å². The number of hydrogen-bond acceptors (Lipinski definition) is 4. The van der Waals surface area contributed by atoms with Gasteiger partial charge in [0.15, 0.2) is 0 Å². The van der Waals surface area contributed by atoms with Crippen molar-refractivity contribution in [3.8, 4) is 6.07 Å². The molecular formula is C13H20BrN3S. The SMILES string of the molecule is CCC(N)C(c1cc(Br)cs1)N(CC)CCC#N. The molecule has 2 N–H and O–H groups in total. The monoisotopic (exact) mass is 329 g/mol. The van der Waals surface area contributed by atoms with Crippen molar-refractivity contribution in [2.24, 2.45) is 5.73 Å². The summed E-state index contributed by atoms with van der Waals surface area (Å²) in [5.41, 5.74) is 6.27. The Morgan fingerprint density at radius 2 is 2.28 bits per heavy atom. The van der Waals surface area contributed by atoms with Crippen LogP contribution < -0.4 is 5.73 Å². The summed E-state index contributed by atoms with van der Waals surface area (Å²) in [6.45, 7) is 5.92. The molecule has 0 saturated carbocycles. The van der Waals surface area contributed by atoms with Crippen LogP contribution in [-0.2, 0) is 0 Å². The third-order valence-electron chi connectivity index (χ3n) is 3.07. The average molecular weight is 330 g/mol. The van der Waals surface area contributed by atoms with E-state index in [9.17, 15) is 0 Å². The molecule has 0 fully saturated rings. The standard InChI is InChI=1S/C13H20BrN3S/c1-3-11(16)13(12-8-10(14)9-18-12)17(4-2)7-5-6-15/h8-9,11,13H,3-5,7,16H2,1-2H3. The third-order valence-corrected chi connectivity index (χ3v) is 4.83. The Bertz CT molecular complexity index is 399. The Kier molecular flexibility index (Phi) is 6.87. The summed E-state index contributed by atoms with van der Waals surface area (Å²) >= 11 is 5.22. The lowest BCUT2D eigenvalue weighted by Crippen LogP contribution is -2.40. The Morgan fingerprint density at radius 3 is 2.72 bits per heavy atom. The Morgan fingerprint density at radius 1 is 1.56 bits per heavy atom. The molecule has 3 nitrogen and oxygen atoms in total. The largest absolute Gasteiger partial charge is 0.326 e. The van der Waals surface area contributed by atoms with Gasteiger partial charge in [-0.1, -0.05) is 13.8 Å². The van der Waals surface area contributed by atoms with E-state index in [0.29, 0.717) is 6.42 Å². The van der Waals surface area contributed by atoms with E-state index in [-0.39, 0.29) is 12.1 Å². The number of nitriles is 1. The minimum Gasteiger partial charge on any atom is -0.326 e. The molecule has 0 bridgehead atoms. The van der Waals surface area contributed by atoms with Gasteiger partial charge in [0, 0.05) is 33.7 Å². The van der Waals surface area contributed by atoms with Crippen LogP contribution in [0.5, 0.6) is 0 Å². The van der Waals surface area contributed by atoms with E-state index in [2.05, 4.69) is 52.2 Å². The molecule has 0 saturated heterocycles. The van der Waals surface area contributed by atoms with E-state index in [1.807, 2.05) is 0 Å². The highest BCUT2D eigenvalue weighted by atomic mass is 79.9.